The molecule has 0 bridgehead atoms. The second kappa shape index (κ2) is 7.25. The molecular weight excluding hydrogens is 321 g/mol. The number of pyridine rings is 1. The Labute approximate surface area is 124 Å². The first kappa shape index (κ1) is 18.0. The first-order valence-corrected chi connectivity index (χ1v) is 9.57. The second-order valence-electron chi connectivity index (χ2n) is 4.30. The van der Waals surface area contributed by atoms with E-state index >= 15 is 0 Å². The van der Waals surface area contributed by atoms with E-state index in [0.717, 1.165) is 12.3 Å². The Kier molecular flexibility index (Phi) is 6.20. The molecule has 21 heavy (non-hydrogen) atoms. The van der Waals surface area contributed by atoms with Gasteiger partial charge in [-0.1, -0.05) is 6.92 Å². The van der Waals surface area contributed by atoms with Gasteiger partial charge in [-0.2, -0.15) is 0 Å². The van der Waals surface area contributed by atoms with Gasteiger partial charge in [-0.15, -0.1) is 0 Å². The van der Waals surface area contributed by atoms with Crippen molar-refractivity contribution in [2.45, 2.75) is 18.4 Å². The first-order valence-electron chi connectivity index (χ1n) is 6.23. The molecule has 0 fully saturated rings. The van der Waals surface area contributed by atoms with E-state index in [2.05, 4.69) is 9.71 Å². The summed E-state index contributed by atoms with van der Waals surface area (Å²) in [5, 5.41) is -0.666. The van der Waals surface area contributed by atoms with Gasteiger partial charge >= 0.3 is 0 Å². The molecule has 1 heterocycles. The van der Waals surface area contributed by atoms with Crippen LogP contribution in [0, 0.1) is 5.82 Å². The van der Waals surface area contributed by atoms with Crippen LogP contribution >= 0.6 is 0 Å². The fraction of sp³-hybridized carbons (Fsp3) is 0.545. The van der Waals surface area contributed by atoms with Crippen molar-refractivity contribution in [2.75, 3.05) is 25.9 Å². The zero-order valence-electron chi connectivity index (χ0n) is 11.8. The highest BCUT2D eigenvalue weighted by Gasteiger charge is 2.20. The van der Waals surface area contributed by atoms with Crippen molar-refractivity contribution >= 4 is 20.0 Å². The lowest BCUT2D eigenvalue weighted by molar-refractivity contribution is 0.424. The maximum Gasteiger partial charge on any atom is 0.261 e. The normalized spacial score (nSPS) is 12.8. The van der Waals surface area contributed by atoms with Crippen molar-refractivity contribution in [1.29, 1.82) is 0 Å². The summed E-state index contributed by atoms with van der Waals surface area (Å²) >= 11 is 0. The van der Waals surface area contributed by atoms with Gasteiger partial charge in [0.25, 0.3) is 10.0 Å². The number of hydrogen-bond acceptors (Lipinski definition) is 5. The molecule has 0 radical (unpaired) electrons. The molecule has 0 atom stereocenters. The third kappa shape index (κ3) is 5.30. The van der Waals surface area contributed by atoms with E-state index in [1.165, 1.54) is 16.6 Å². The summed E-state index contributed by atoms with van der Waals surface area (Å²) in [7, 11) is -7.34. The highest BCUT2D eigenvalue weighted by Crippen LogP contribution is 2.09. The van der Waals surface area contributed by atoms with Crippen LogP contribution in [0.3, 0.4) is 0 Å². The van der Waals surface area contributed by atoms with Gasteiger partial charge in [-0.05, 0) is 18.6 Å². The number of nitrogens with zero attached hydrogens (tertiary/aromatic N) is 2. The molecule has 0 spiro atoms. The Balaban J connectivity index is 2.58. The topological polar surface area (TPSA) is 96.4 Å². The molecule has 120 valence electrons. The van der Waals surface area contributed by atoms with Crippen LogP contribution in [0.4, 0.5) is 4.39 Å². The average molecular weight is 339 g/mol. The standard InChI is InChI=1S/C11H18FN3O4S2/c1-3-15(20(2,16)17)9-5-8-14-21(18,19)11-10(12)6-4-7-13-11/h4,6-7,14H,3,5,8-9H2,1-2H3. The predicted octanol–water partition coefficient (Wildman–Crippen LogP) is 0.171. The highest BCUT2D eigenvalue weighted by molar-refractivity contribution is 7.89. The summed E-state index contributed by atoms with van der Waals surface area (Å²) in [4.78, 5) is 3.49. The van der Waals surface area contributed by atoms with Gasteiger partial charge in [0.1, 0.15) is 0 Å². The van der Waals surface area contributed by atoms with E-state index in [4.69, 9.17) is 0 Å². The third-order valence-electron chi connectivity index (χ3n) is 2.68. The Morgan fingerprint density at radius 3 is 2.52 bits per heavy atom. The van der Waals surface area contributed by atoms with E-state index in [-0.39, 0.29) is 19.5 Å². The fourth-order valence-electron chi connectivity index (χ4n) is 1.66. The quantitative estimate of drug-likeness (QED) is 0.681. The van der Waals surface area contributed by atoms with Gasteiger partial charge in [0.2, 0.25) is 15.0 Å². The van der Waals surface area contributed by atoms with E-state index < -0.39 is 30.9 Å². The summed E-state index contributed by atoms with van der Waals surface area (Å²) in [5.41, 5.74) is 0. The summed E-state index contributed by atoms with van der Waals surface area (Å²) in [6.45, 7) is 2.17. The molecule has 0 aromatic carbocycles. The molecule has 1 aromatic heterocycles. The molecule has 0 amide bonds. The van der Waals surface area contributed by atoms with E-state index in [9.17, 15) is 21.2 Å². The Morgan fingerprint density at radius 1 is 1.33 bits per heavy atom. The maximum absolute atomic E-state index is 13.4. The summed E-state index contributed by atoms with van der Waals surface area (Å²) in [6.07, 6.45) is 2.54. The van der Waals surface area contributed by atoms with Crippen molar-refractivity contribution < 1.29 is 21.2 Å². The molecule has 1 aromatic rings. The molecule has 7 nitrogen and oxygen atoms in total. The number of hydrogen-bond donors (Lipinski definition) is 1. The van der Waals surface area contributed by atoms with Crippen LogP contribution in [0.2, 0.25) is 0 Å². The molecule has 1 N–H and O–H groups in total. The average Bonchev–Trinajstić information content (AvgIpc) is 2.37. The molecule has 0 aliphatic carbocycles. The maximum atomic E-state index is 13.4. The largest absolute Gasteiger partial charge is 0.261 e. The van der Waals surface area contributed by atoms with Crippen LogP contribution in [0.5, 0.6) is 0 Å². The van der Waals surface area contributed by atoms with Crippen molar-refractivity contribution in [1.82, 2.24) is 14.0 Å². The Morgan fingerprint density at radius 2 is 2.00 bits per heavy atom. The van der Waals surface area contributed by atoms with Crippen LogP contribution in [0.1, 0.15) is 13.3 Å². The van der Waals surface area contributed by atoms with Crippen LogP contribution in [-0.4, -0.2) is 52.0 Å². The number of sulfonamides is 2. The summed E-state index contributed by atoms with van der Waals surface area (Å²) < 4.78 is 63.1. The molecule has 0 saturated carbocycles. The highest BCUT2D eigenvalue weighted by atomic mass is 32.2. The molecule has 0 aliphatic rings. The van der Waals surface area contributed by atoms with E-state index in [1.54, 1.807) is 6.92 Å². The molecule has 10 heteroatoms. The van der Waals surface area contributed by atoms with Crippen LogP contribution in [0.15, 0.2) is 23.4 Å². The van der Waals surface area contributed by atoms with E-state index in [1.807, 2.05) is 0 Å². The van der Waals surface area contributed by atoms with Crippen LogP contribution in [-0.2, 0) is 20.0 Å². The SMILES string of the molecule is CCN(CCCNS(=O)(=O)c1ncccc1F)S(C)(=O)=O. The van der Waals surface area contributed by atoms with Gasteiger partial charge in [0.05, 0.1) is 6.26 Å². The fourth-order valence-corrected chi connectivity index (χ4v) is 3.66. The number of aromatic nitrogens is 1. The van der Waals surface area contributed by atoms with Crippen LogP contribution in [0.25, 0.3) is 0 Å². The van der Waals surface area contributed by atoms with Gasteiger partial charge in [-0.25, -0.2) is 35.2 Å². The summed E-state index contributed by atoms with van der Waals surface area (Å²) in [6, 6.07) is 2.30. The minimum atomic E-state index is -4.04. The predicted molar refractivity (Wildman–Crippen MR) is 76.1 cm³/mol. The molecule has 0 unspecified atom stereocenters. The molecule has 0 aliphatic heterocycles. The van der Waals surface area contributed by atoms with E-state index in [0.29, 0.717) is 6.54 Å². The monoisotopic (exact) mass is 339 g/mol. The van der Waals surface area contributed by atoms with Gasteiger partial charge in [0, 0.05) is 25.8 Å². The number of rotatable bonds is 8. The zero-order chi connectivity index (χ0) is 16.1. The zero-order valence-corrected chi connectivity index (χ0v) is 13.4. The smallest absolute Gasteiger partial charge is 0.241 e. The first-order chi connectivity index (χ1) is 9.68. The number of nitrogens with one attached hydrogen (secondary N) is 1. The van der Waals surface area contributed by atoms with Gasteiger partial charge in [0.15, 0.2) is 5.82 Å². The second-order valence-corrected chi connectivity index (χ2v) is 7.96. The Hall–Kier alpha value is -1.10. The van der Waals surface area contributed by atoms with Crippen molar-refractivity contribution in [2.24, 2.45) is 0 Å². The minimum absolute atomic E-state index is 0.00956. The lowest BCUT2D eigenvalue weighted by atomic mass is 10.4. The molecule has 0 saturated heterocycles. The van der Waals surface area contributed by atoms with Crippen molar-refractivity contribution in [3.63, 3.8) is 0 Å². The lowest BCUT2D eigenvalue weighted by Gasteiger charge is -2.17. The lowest BCUT2D eigenvalue weighted by Crippen LogP contribution is -2.33. The Bertz CT molecular complexity index is 676. The molecule has 1 rings (SSSR count). The van der Waals surface area contributed by atoms with Gasteiger partial charge in [-0.3, -0.25) is 0 Å². The van der Waals surface area contributed by atoms with Gasteiger partial charge < -0.3 is 0 Å². The van der Waals surface area contributed by atoms with Crippen LogP contribution < -0.4 is 4.72 Å². The number of halogens is 1. The van der Waals surface area contributed by atoms with Crippen molar-refractivity contribution in [3.8, 4) is 0 Å². The molecular formula is C11H18FN3O4S2. The van der Waals surface area contributed by atoms with Crippen molar-refractivity contribution in [3.05, 3.63) is 24.1 Å². The minimum Gasteiger partial charge on any atom is -0.241 e. The third-order valence-corrected chi connectivity index (χ3v) is 5.45. The summed E-state index contributed by atoms with van der Waals surface area (Å²) in [5.74, 6) is -0.934.